The summed E-state index contributed by atoms with van der Waals surface area (Å²) in [6.45, 7) is 3.90. The van der Waals surface area contributed by atoms with E-state index in [0.29, 0.717) is 18.3 Å². The molecule has 6 nitrogen and oxygen atoms in total. The van der Waals surface area contributed by atoms with Crippen LogP contribution in [-0.2, 0) is 6.42 Å². The molecule has 21 heavy (non-hydrogen) atoms. The van der Waals surface area contributed by atoms with Gasteiger partial charge in [0.2, 0.25) is 5.89 Å². The molecular weight excluding hydrogens is 266 g/mol. The van der Waals surface area contributed by atoms with Gasteiger partial charge in [-0.25, -0.2) is 0 Å². The number of rotatable bonds is 4. The molecule has 1 fully saturated rings. The van der Waals surface area contributed by atoms with Crippen LogP contribution in [0.1, 0.15) is 17.5 Å². The SMILES string of the molecule is CN1CCN(c2noc(CC(N)c3ccccc3)n2)CC1. The van der Waals surface area contributed by atoms with Crippen LogP contribution in [0.5, 0.6) is 0 Å². The Labute approximate surface area is 124 Å². The second-order valence-corrected chi connectivity index (χ2v) is 5.50. The zero-order chi connectivity index (χ0) is 14.7. The van der Waals surface area contributed by atoms with Crippen molar-refractivity contribution in [3.63, 3.8) is 0 Å². The summed E-state index contributed by atoms with van der Waals surface area (Å²) in [5.41, 5.74) is 7.27. The number of aromatic nitrogens is 2. The van der Waals surface area contributed by atoms with Gasteiger partial charge in [0.1, 0.15) is 0 Å². The van der Waals surface area contributed by atoms with Crippen LogP contribution in [0.4, 0.5) is 5.95 Å². The van der Waals surface area contributed by atoms with Gasteiger partial charge in [-0.05, 0) is 17.8 Å². The summed E-state index contributed by atoms with van der Waals surface area (Å²) in [7, 11) is 2.12. The first kappa shape index (κ1) is 14.0. The Kier molecular flexibility index (Phi) is 4.17. The Morgan fingerprint density at radius 3 is 2.62 bits per heavy atom. The van der Waals surface area contributed by atoms with Crippen LogP contribution in [0, 0.1) is 0 Å². The van der Waals surface area contributed by atoms with Crippen LogP contribution in [0.25, 0.3) is 0 Å². The maximum Gasteiger partial charge on any atom is 0.266 e. The van der Waals surface area contributed by atoms with Gasteiger partial charge >= 0.3 is 0 Å². The minimum atomic E-state index is -0.119. The van der Waals surface area contributed by atoms with Gasteiger partial charge in [-0.2, -0.15) is 4.98 Å². The zero-order valence-electron chi connectivity index (χ0n) is 12.3. The maximum atomic E-state index is 6.18. The average Bonchev–Trinajstić information content (AvgIpc) is 2.97. The molecule has 0 aliphatic carbocycles. The third-order valence-electron chi connectivity index (χ3n) is 3.87. The van der Waals surface area contributed by atoms with Crippen molar-refractivity contribution < 1.29 is 4.52 Å². The average molecular weight is 287 g/mol. The standard InChI is InChI=1S/C15H21N5O/c1-19-7-9-20(10-8-19)15-17-14(21-18-15)11-13(16)12-5-3-2-4-6-12/h2-6,13H,7-11,16H2,1H3. The topological polar surface area (TPSA) is 71.4 Å². The molecule has 1 aliphatic rings. The van der Waals surface area contributed by atoms with Crippen molar-refractivity contribution in [1.29, 1.82) is 0 Å². The summed E-state index contributed by atoms with van der Waals surface area (Å²) in [6.07, 6.45) is 0.560. The molecule has 6 heteroatoms. The summed E-state index contributed by atoms with van der Waals surface area (Å²) in [5.74, 6) is 1.28. The predicted octanol–water partition coefficient (Wildman–Crippen LogP) is 1.06. The smallest absolute Gasteiger partial charge is 0.266 e. The molecule has 2 N–H and O–H groups in total. The molecule has 0 bridgehead atoms. The summed E-state index contributed by atoms with van der Waals surface area (Å²) in [6, 6.07) is 9.86. The molecule has 0 saturated carbocycles. The minimum absolute atomic E-state index is 0.119. The molecule has 1 atom stereocenters. The lowest BCUT2D eigenvalue weighted by Gasteiger charge is -2.31. The van der Waals surface area contributed by atoms with Gasteiger partial charge in [-0.1, -0.05) is 30.3 Å². The van der Waals surface area contributed by atoms with Crippen LogP contribution in [0.3, 0.4) is 0 Å². The molecule has 112 valence electrons. The summed E-state index contributed by atoms with van der Waals surface area (Å²) < 4.78 is 5.34. The highest BCUT2D eigenvalue weighted by atomic mass is 16.5. The van der Waals surface area contributed by atoms with Crippen molar-refractivity contribution in [2.24, 2.45) is 5.73 Å². The first-order chi connectivity index (χ1) is 10.2. The molecule has 1 aromatic heterocycles. The van der Waals surface area contributed by atoms with Crippen molar-refractivity contribution >= 4 is 5.95 Å². The van der Waals surface area contributed by atoms with E-state index in [4.69, 9.17) is 10.3 Å². The van der Waals surface area contributed by atoms with Crippen molar-refractivity contribution in [2.45, 2.75) is 12.5 Å². The number of hydrogen-bond donors (Lipinski definition) is 1. The fraction of sp³-hybridized carbons (Fsp3) is 0.467. The van der Waals surface area contributed by atoms with E-state index >= 15 is 0 Å². The van der Waals surface area contributed by atoms with E-state index in [1.165, 1.54) is 0 Å². The Morgan fingerprint density at radius 2 is 1.90 bits per heavy atom. The van der Waals surface area contributed by atoms with Gasteiger partial charge in [0, 0.05) is 38.6 Å². The lowest BCUT2D eigenvalue weighted by molar-refractivity contribution is 0.308. The monoisotopic (exact) mass is 287 g/mol. The normalized spacial score (nSPS) is 17.9. The molecule has 1 aliphatic heterocycles. The highest BCUT2D eigenvalue weighted by Crippen LogP contribution is 2.17. The van der Waals surface area contributed by atoms with Crippen LogP contribution in [0.2, 0.25) is 0 Å². The molecular formula is C15H21N5O. The van der Waals surface area contributed by atoms with Gasteiger partial charge in [0.25, 0.3) is 5.95 Å². The molecule has 0 spiro atoms. The van der Waals surface area contributed by atoms with Gasteiger partial charge in [0.15, 0.2) is 0 Å². The number of hydrogen-bond acceptors (Lipinski definition) is 6. The van der Waals surface area contributed by atoms with E-state index in [1.54, 1.807) is 0 Å². The third kappa shape index (κ3) is 3.40. The number of nitrogens with zero attached hydrogens (tertiary/aromatic N) is 4. The van der Waals surface area contributed by atoms with E-state index in [2.05, 4.69) is 27.0 Å². The Bertz CT molecular complexity index is 562. The quantitative estimate of drug-likeness (QED) is 0.907. The molecule has 0 radical (unpaired) electrons. The predicted molar refractivity (Wildman–Crippen MR) is 81.1 cm³/mol. The Balaban J connectivity index is 1.63. The highest BCUT2D eigenvalue weighted by Gasteiger charge is 2.20. The Hall–Kier alpha value is -1.92. The van der Waals surface area contributed by atoms with Gasteiger partial charge < -0.3 is 20.1 Å². The maximum absolute atomic E-state index is 6.18. The fourth-order valence-electron chi connectivity index (χ4n) is 2.47. The van der Waals surface area contributed by atoms with Gasteiger partial charge in [-0.15, -0.1) is 0 Å². The lowest BCUT2D eigenvalue weighted by atomic mass is 10.1. The molecule has 1 saturated heterocycles. The molecule has 1 unspecified atom stereocenters. The Morgan fingerprint density at radius 1 is 1.19 bits per heavy atom. The number of benzene rings is 1. The number of likely N-dealkylation sites (N-methyl/N-ethyl adjacent to an activating group) is 1. The summed E-state index contributed by atoms with van der Waals surface area (Å²) in [4.78, 5) is 8.92. The van der Waals surface area contributed by atoms with Gasteiger partial charge in [0.05, 0.1) is 0 Å². The molecule has 0 amide bonds. The van der Waals surface area contributed by atoms with Crippen molar-refractivity contribution in [1.82, 2.24) is 15.0 Å². The van der Waals surface area contributed by atoms with E-state index < -0.39 is 0 Å². The summed E-state index contributed by atoms with van der Waals surface area (Å²) >= 11 is 0. The first-order valence-electron chi connectivity index (χ1n) is 7.29. The van der Waals surface area contributed by atoms with Crippen molar-refractivity contribution in [3.05, 3.63) is 41.8 Å². The van der Waals surface area contributed by atoms with E-state index in [9.17, 15) is 0 Å². The van der Waals surface area contributed by atoms with E-state index in [1.807, 2.05) is 30.3 Å². The largest absolute Gasteiger partial charge is 0.337 e. The van der Waals surface area contributed by atoms with Crippen LogP contribution >= 0.6 is 0 Å². The van der Waals surface area contributed by atoms with E-state index in [-0.39, 0.29) is 6.04 Å². The number of piperazine rings is 1. The van der Waals surface area contributed by atoms with Crippen LogP contribution in [0.15, 0.2) is 34.9 Å². The van der Waals surface area contributed by atoms with E-state index in [0.717, 1.165) is 31.7 Å². The molecule has 2 aromatic rings. The lowest BCUT2D eigenvalue weighted by Crippen LogP contribution is -2.44. The van der Waals surface area contributed by atoms with Crippen molar-refractivity contribution in [2.75, 3.05) is 38.1 Å². The third-order valence-corrected chi connectivity index (χ3v) is 3.87. The van der Waals surface area contributed by atoms with Gasteiger partial charge in [-0.3, -0.25) is 0 Å². The van der Waals surface area contributed by atoms with Crippen LogP contribution in [-0.4, -0.2) is 48.3 Å². The summed E-state index contributed by atoms with van der Waals surface area (Å²) in [5, 5.41) is 4.08. The first-order valence-corrected chi connectivity index (χ1v) is 7.29. The fourth-order valence-corrected chi connectivity index (χ4v) is 2.47. The second-order valence-electron chi connectivity index (χ2n) is 5.50. The van der Waals surface area contributed by atoms with Crippen molar-refractivity contribution in [3.8, 4) is 0 Å². The molecule has 3 rings (SSSR count). The molecule has 2 heterocycles. The van der Waals surface area contributed by atoms with Crippen LogP contribution < -0.4 is 10.6 Å². The zero-order valence-corrected chi connectivity index (χ0v) is 12.3. The highest BCUT2D eigenvalue weighted by molar-refractivity contribution is 5.29. The second kappa shape index (κ2) is 6.24. The number of anilines is 1. The minimum Gasteiger partial charge on any atom is -0.337 e. The molecule has 1 aromatic carbocycles. The number of nitrogens with two attached hydrogens (primary N) is 1.